The largest absolute Gasteiger partial charge is 0.476 e. The summed E-state index contributed by atoms with van der Waals surface area (Å²) in [6.07, 6.45) is -7.65. The van der Waals surface area contributed by atoms with Crippen molar-refractivity contribution in [1.29, 1.82) is 0 Å². The maximum absolute atomic E-state index is 12.0. The van der Waals surface area contributed by atoms with Gasteiger partial charge in [0.25, 0.3) is 5.69 Å². The van der Waals surface area contributed by atoms with Crippen molar-refractivity contribution >= 4 is 17.6 Å². The second-order valence-electron chi connectivity index (χ2n) is 6.73. The first-order chi connectivity index (χ1) is 14.0. The van der Waals surface area contributed by atoms with Gasteiger partial charge in [-0.15, -0.1) is 0 Å². The van der Waals surface area contributed by atoms with E-state index in [-0.39, 0.29) is 11.4 Å². The maximum Gasteiger partial charge on any atom is 0.377 e. The molecule has 0 radical (unpaired) electrons. The van der Waals surface area contributed by atoms with Crippen LogP contribution in [0.25, 0.3) is 0 Å². The lowest BCUT2D eigenvalue weighted by molar-refractivity contribution is -0.384. The van der Waals surface area contributed by atoms with Crippen molar-refractivity contribution in [2.75, 3.05) is 6.61 Å². The second-order valence-corrected chi connectivity index (χ2v) is 6.73. The number of carboxylic acid groups (broad SMARTS) is 1. The zero-order valence-corrected chi connectivity index (χ0v) is 15.7. The first kappa shape index (κ1) is 23.4. The molecular formula is C17H22N2O11. The summed E-state index contributed by atoms with van der Waals surface area (Å²) in [4.78, 5) is 33.5. The van der Waals surface area contributed by atoms with Crippen LogP contribution in [0.2, 0.25) is 0 Å². The molecule has 1 fully saturated rings. The van der Waals surface area contributed by atoms with E-state index in [0.29, 0.717) is 0 Å². The van der Waals surface area contributed by atoms with Gasteiger partial charge in [-0.1, -0.05) is 0 Å². The minimum Gasteiger partial charge on any atom is -0.476 e. The van der Waals surface area contributed by atoms with Crippen LogP contribution in [-0.4, -0.2) is 85.2 Å². The predicted molar refractivity (Wildman–Crippen MR) is 96.3 cm³/mol. The SMILES string of the molecule is CC(=O)N[C@@H]1[C@H]([C@H](O)[C@H](O)CO)O[C@@](Oc2ccc([N+](=O)[O-])cc2)(C(=O)O)C[C@@H]1O. The van der Waals surface area contributed by atoms with E-state index in [0.717, 1.165) is 31.2 Å². The Balaban J connectivity index is 2.40. The summed E-state index contributed by atoms with van der Waals surface area (Å²) in [6.45, 7) is 0.207. The van der Waals surface area contributed by atoms with Crippen molar-refractivity contribution < 1.29 is 49.5 Å². The number of carbonyl (C=O) groups excluding carboxylic acids is 1. The Morgan fingerprint density at radius 2 is 1.97 bits per heavy atom. The minimum absolute atomic E-state index is 0.149. The molecule has 0 saturated carbocycles. The number of amides is 1. The highest BCUT2D eigenvalue weighted by atomic mass is 16.7. The van der Waals surface area contributed by atoms with Crippen LogP contribution in [0.1, 0.15) is 13.3 Å². The zero-order chi connectivity index (χ0) is 22.6. The van der Waals surface area contributed by atoms with E-state index in [4.69, 9.17) is 14.6 Å². The van der Waals surface area contributed by atoms with Crippen LogP contribution in [0.4, 0.5) is 5.69 Å². The number of hydrogen-bond acceptors (Lipinski definition) is 10. The summed E-state index contributed by atoms with van der Waals surface area (Å²) < 4.78 is 10.8. The third-order valence-electron chi connectivity index (χ3n) is 4.52. The lowest BCUT2D eigenvalue weighted by atomic mass is 9.88. The van der Waals surface area contributed by atoms with Gasteiger partial charge < -0.3 is 40.3 Å². The van der Waals surface area contributed by atoms with Gasteiger partial charge in [0.05, 0.1) is 30.1 Å². The molecule has 13 heteroatoms. The van der Waals surface area contributed by atoms with Crippen molar-refractivity contribution in [2.24, 2.45) is 0 Å². The quantitative estimate of drug-likeness (QED) is 0.199. The summed E-state index contributed by atoms with van der Waals surface area (Å²) in [5.41, 5.74) is -0.276. The molecule has 0 aromatic heterocycles. The van der Waals surface area contributed by atoms with Crippen LogP contribution in [0.5, 0.6) is 5.75 Å². The Hall–Kier alpha value is -2.84. The first-order valence-corrected chi connectivity index (χ1v) is 8.77. The van der Waals surface area contributed by atoms with Crippen LogP contribution in [0, 0.1) is 10.1 Å². The molecule has 6 N–H and O–H groups in total. The molecule has 30 heavy (non-hydrogen) atoms. The first-order valence-electron chi connectivity index (χ1n) is 8.77. The molecule has 166 valence electrons. The van der Waals surface area contributed by atoms with E-state index in [9.17, 15) is 40.1 Å². The smallest absolute Gasteiger partial charge is 0.377 e. The Kier molecular flexibility index (Phi) is 7.28. The summed E-state index contributed by atoms with van der Waals surface area (Å²) >= 11 is 0. The third-order valence-corrected chi connectivity index (χ3v) is 4.52. The lowest BCUT2D eigenvalue weighted by Crippen LogP contribution is -2.68. The number of aliphatic carboxylic acids is 1. The Morgan fingerprint density at radius 1 is 1.37 bits per heavy atom. The fraction of sp³-hybridized carbons (Fsp3) is 0.529. The number of nitrogens with zero attached hydrogens (tertiary/aromatic N) is 1. The number of aliphatic hydroxyl groups excluding tert-OH is 4. The van der Waals surface area contributed by atoms with Gasteiger partial charge in [0.15, 0.2) is 0 Å². The van der Waals surface area contributed by atoms with Crippen LogP contribution < -0.4 is 10.1 Å². The van der Waals surface area contributed by atoms with Crippen LogP contribution in [0.15, 0.2) is 24.3 Å². The number of benzene rings is 1. The van der Waals surface area contributed by atoms with Gasteiger partial charge in [0.2, 0.25) is 5.91 Å². The minimum atomic E-state index is -2.56. The van der Waals surface area contributed by atoms with Gasteiger partial charge in [0, 0.05) is 19.1 Å². The van der Waals surface area contributed by atoms with Crippen molar-refractivity contribution in [2.45, 2.75) is 49.6 Å². The molecule has 1 aromatic rings. The Morgan fingerprint density at radius 3 is 2.43 bits per heavy atom. The van der Waals surface area contributed by atoms with E-state index in [1.165, 1.54) is 0 Å². The number of non-ortho nitro benzene ring substituents is 1. The molecule has 13 nitrogen and oxygen atoms in total. The predicted octanol–water partition coefficient (Wildman–Crippen LogP) is -1.88. The molecule has 1 saturated heterocycles. The van der Waals surface area contributed by atoms with Crippen LogP contribution in [0.3, 0.4) is 0 Å². The fourth-order valence-electron chi connectivity index (χ4n) is 3.06. The molecule has 0 aliphatic carbocycles. The normalized spacial score (nSPS) is 28.2. The number of rotatable bonds is 8. The number of hydrogen-bond donors (Lipinski definition) is 6. The number of nitro benzene ring substituents is 1. The standard InChI is InChI=1S/C17H22N2O11/c1-8(21)18-13-11(22)6-17(16(25)26,30-15(13)14(24)12(23)7-20)29-10-4-2-9(3-5-10)19(27)28/h2-5,11-15,20,22-24H,6-7H2,1H3,(H,18,21)(H,25,26)/t11-,12+,13-,14+,15+,17+/m0/s1. The van der Waals surface area contributed by atoms with E-state index in [1.54, 1.807) is 0 Å². The molecule has 0 unspecified atom stereocenters. The zero-order valence-electron chi connectivity index (χ0n) is 15.7. The third kappa shape index (κ3) is 5.01. The average molecular weight is 430 g/mol. The van der Waals surface area contributed by atoms with Gasteiger partial charge in [0.1, 0.15) is 24.1 Å². The molecule has 1 aliphatic rings. The number of ether oxygens (including phenoxy) is 2. The average Bonchev–Trinajstić information content (AvgIpc) is 2.68. The monoisotopic (exact) mass is 430 g/mol. The summed E-state index contributed by atoms with van der Waals surface area (Å²) in [7, 11) is 0. The Labute approximate surface area is 169 Å². The van der Waals surface area contributed by atoms with Crippen molar-refractivity contribution in [3.05, 3.63) is 34.4 Å². The van der Waals surface area contributed by atoms with E-state index in [2.05, 4.69) is 5.32 Å². The van der Waals surface area contributed by atoms with Crippen molar-refractivity contribution in [3.63, 3.8) is 0 Å². The van der Waals surface area contributed by atoms with Crippen molar-refractivity contribution in [1.82, 2.24) is 5.32 Å². The number of nitrogens with one attached hydrogen (secondary N) is 1. The number of aliphatic hydroxyl groups is 4. The summed E-state index contributed by atoms with van der Waals surface area (Å²) in [5.74, 6) is -5.04. The molecule has 0 bridgehead atoms. The van der Waals surface area contributed by atoms with Gasteiger partial charge in [-0.2, -0.15) is 0 Å². The second kappa shape index (κ2) is 9.32. The van der Waals surface area contributed by atoms with Gasteiger partial charge >= 0.3 is 11.8 Å². The molecular weight excluding hydrogens is 408 g/mol. The Bertz CT molecular complexity index is 786. The van der Waals surface area contributed by atoms with Gasteiger partial charge in [-0.05, 0) is 12.1 Å². The lowest BCUT2D eigenvalue weighted by Gasteiger charge is -2.46. The highest BCUT2D eigenvalue weighted by Crippen LogP contribution is 2.35. The topological polar surface area (TPSA) is 209 Å². The molecule has 1 aromatic carbocycles. The summed E-state index contributed by atoms with van der Waals surface area (Å²) in [5, 5.41) is 62.5. The number of nitro groups is 1. The molecule has 1 heterocycles. The highest BCUT2D eigenvalue weighted by Gasteiger charge is 2.56. The summed E-state index contributed by atoms with van der Waals surface area (Å²) in [6, 6.07) is 3.03. The highest BCUT2D eigenvalue weighted by molar-refractivity contribution is 5.77. The molecule has 0 spiro atoms. The maximum atomic E-state index is 12.0. The van der Waals surface area contributed by atoms with Crippen LogP contribution >= 0.6 is 0 Å². The van der Waals surface area contributed by atoms with E-state index in [1.807, 2.05) is 0 Å². The van der Waals surface area contributed by atoms with Gasteiger partial charge in [-0.25, -0.2) is 4.79 Å². The van der Waals surface area contributed by atoms with Crippen LogP contribution in [-0.2, 0) is 14.3 Å². The molecule has 2 rings (SSSR count). The van der Waals surface area contributed by atoms with Crippen molar-refractivity contribution in [3.8, 4) is 5.75 Å². The van der Waals surface area contributed by atoms with E-state index >= 15 is 0 Å². The molecule has 1 amide bonds. The number of carboxylic acids is 1. The fourth-order valence-corrected chi connectivity index (χ4v) is 3.06. The molecule has 6 atom stereocenters. The number of carbonyl (C=O) groups is 2. The molecule has 1 aliphatic heterocycles. The van der Waals surface area contributed by atoms with E-state index < -0.39 is 66.1 Å². The van der Waals surface area contributed by atoms with Gasteiger partial charge in [-0.3, -0.25) is 14.9 Å².